The molecule has 0 radical (unpaired) electrons. The number of nitrogens with zero attached hydrogens (tertiary/aromatic N) is 3. The lowest BCUT2D eigenvalue weighted by molar-refractivity contribution is -0.126. The van der Waals surface area contributed by atoms with E-state index in [1.54, 1.807) is 34.7 Å². The molecule has 4 nitrogen and oxygen atoms in total. The first-order valence-corrected chi connectivity index (χ1v) is 9.28. The largest absolute Gasteiger partial charge is 0.334 e. The van der Waals surface area contributed by atoms with Gasteiger partial charge in [0.1, 0.15) is 0 Å². The molecule has 1 amide bonds. The SMILES string of the molecule is N#CCCN(Cc1cccnc1)C(=O)/C=C/c1sc2ccccc2c1Cl. The summed E-state index contributed by atoms with van der Waals surface area (Å²) in [4.78, 5) is 19.2. The first-order chi connectivity index (χ1) is 12.7. The Morgan fingerprint density at radius 2 is 2.15 bits per heavy atom. The van der Waals surface area contributed by atoms with Crippen molar-refractivity contribution in [3.05, 3.63) is 70.3 Å². The molecule has 2 heterocycles. The van der Waals surface area contributed by atoms with Gasteiger partial charge in [0.05, 0.1) is 17.5 Å². The fourth-order valence-corrected chi connectivity index (χ4v) is 3.96. The number of fused-ring (bicyclic) bond motifs is 1. The Morgan fingerprint density at radius 1 is 1.31 bits per heavy atom. The summed E-state index contributed by atoms with van der Waals surface area (Å²) in [5.41, 5.74) is 0.923. The van der Waals surface area contributed by atoms with E-state index in [4.69, 9.17) is 16.9 Å². The zero-order valence-electron chi connectivity index (χ0n) is 13.9. The molecule has 0 unspecified atom stereocenters. The zero-order chi connectivity index (χ0) is 18.4. The van der Waals surface area contributed by atoms with E-state index in [1.807, 2.05) is 36.4 Å². The molecule has 0 bridgehead atoms. The lowest BCUT2D eigenvalue weighted by Gasteiger charge is -2.19. The summed E-state index contributed by atoms with van der Waals surface area (Å²) in [6.45, 7) is 0.785. The van der Waals surface area contributed by atoms with E-state index in [2.05, 4.69) is 11.1 Å². The molecule has 0 spiro atoms. The van der Waals surface area contributed by atoms with Crippen molar-refractivity contribution >= 4 is 45.0 Å². The molecule has 130 valence electrons. The lowest BCUT2D eigenvalue weighted by Crippen LogP contribution is -2.29. The number of aromatic nitrogens is 1. The molecule has 6 heteroatoms. The van der Waals surface area contributed by atoms with Crippen molar-refractivity contribution in [1.82, 2.24) is 9.88 Å². The maximum Gasteiger partial charge on any atom is 0.246 e. The summed E-state index contributed by atoms with van der Waals surface area (Å²) in [6, 6.07) is 13.7. The highest BCUT2D eigenvalue weighted by atomic mass is 35.5. The summed E-state index contributed by atoms with van der Waals surface area (Å²) < 4.78 is 1.08. The van der Waals surface area contributed by atoms with Gasteiger partial charge in [0.25, 0.3) is 0 Å². The second kappa shape index (κ2) is 8.61. The van der Waals surface area contributed by atoms with Crippen LogP contribution in [0.5, 0.6) is 0 Å². The summed E-state index contributed by atoms with van der Waals surface area (Å²) in [7, 11) is 0. The van der Waals surface area contributed by atoms with E-state index in [-0.39, 0.29) is 12.3 Å². The van der Waals surface area contributed by atoms with Crippen LogP contribution in [0.1, 0.15) is 16.9 Å². The number of carbonyl (C=O) groups is 1. The van der Waals surface area contributed by atoms with E-state index in [0.29, 0.717) is 18.1 Å². The molecule has 3 rings (SSSR count). The molecule has 0 N–H and O–H groups in total. The fourth-order valence-electron chi connectivity index (χ4n) is 2.56. The molecule has 0 aliphatic heterocycles. The Bertz CT molecular complexity index is 976. The van der Waals surface area contributed by atoms with Gasteiger partial charge in [-0.15, -0.1) is 11.3 Å². The number of thiophene rings is 1. The van der Waals surface area contributed by atoms with Gasteiger partial charge < -0.3 is 4.90 Å². The van der Waals surface area contributed by atoms with Crippen molar-refractivity contribution < 1.29 is 4.79 Å². The molecule has 3 aromatic rings. The van der Waals surface area contributed by atoms with Crippen LogP contribution in [0.4, 0.5) is 0 Å². The van der Waals surface area contributed by atoms with Crippen molar-refractivity contribution in [1.29, 1.82) is 5.26 Å². The molecule has 0 saturated carbocycles. The molecule has 2 aromatic heterocycles. The van der Waals surface area contributed by atoms with E-state index in [1.165, 1.54) is 6.08 Å². The summed E-state index contributed by atoms with van der Waals surface area (Å²) in [6.07, 6.45) is 6.96. The Balaban J connectivity index is 1.78. The number of rotatable bonds is 6. The summed E-state index contributed by atoms with van der Waals surface area (Å²) >= 11 is 7.96. The van der Waals surface area contributed by atoms with Crippen LogP contribution < -0.4 is 0 Å². The molecule has 1 aromatic carbocycles. The number of pyridine rings is 1. The first-order valence-electron chi connectivity index (χ1n) is 8.09. The predicted molar refractivity (Wildman–Crippen MR) is 106 cm³/mol. The fraction of sp³-hybridized carbons (Fsp3) is 0.150. The third kappa shape index (κ3) is 4.29. The molecule has 0 saturated heterocycles. The Kier molecular flexibility index (Phi) is 6.00. The van der Waals surface area contributed by atoms with Gasteiger partial charge in [-0.25, -0.2) is 0 Å². The quantitative estimate of drug-likeness (QED) is 0.570. The number of halogens is 1. The highest BCUT2D eigenvalue weighted by Gasteiger charge is 2.12. The van der Waals surface area contributed by atoms with E-state index >= 15 is 0 Å². The minimum atomic E-state index is -0.155. The first kappa shape index (κ1) is 18.1. The molecule has 0 atom stereocenters. The van der Waals surface area contributed by atoms with E-state index in [9.17, 15) is 4.79 Å². The third-order valence-corrected chi connectivity index (χ3v) is 5.49. The number of nitriles is 1. The second-order valence-corrected chi connectivity index (χ2v) is 7.10. The lowest BCUT2D eigenvalue weighted by atomic mass is 10.2. The number of hydrogen-bond donors (Lipinski definition) is 0. The molecule has 0 fully saturated rings. The van der Waals surface area contributed by atoms with Crippen LogP contribution in [0.3, 0.4) is 0 Å². The number of amides is 1. The van der Waals surface area contributed by atoms with Crippen LogP contribution in [-0.4, -0.2) is 22.3 Å². The summed E-state index contributed by atoms with van der Waals surface area (Å²) in [5, 5.41) is 10.5. The van der Waals surface area contributed by atoms with Crippen molar-refractivity contribution in [2.75, 3.05) is 6.54 Å². The average Bonchev–Trinajstić information content (AvgIpc) is 3.00. The Labute approximate surface area is 161 Å². The van der Waals surface area contributed by atoms with E-state index < -0.39 is 0 Å². The minimum absolute atomic E-state index is 0.155. The second-order valence-electron chi connectivity index (χ2n) is 5.64. The summed E-state index contributed by atoms with van der Waals surface area (Å²) in [5.74, 6) is -0.155. The Morgan fingerprint density at radius 3 is 2.88 bits per heavy atom. The van der Waals surface area contributed by atoms with Crippen molar-refractivity contribution in [2.24, 2.45) is 0 Å². The number of carbonyl (C=O) groups excluding carboxylic acids is 1. The van der Waals surface area contributed by atoms with E-state index in [0.717, 1.165) is 20.5 Å². The van der Waals surface area contributed by atoms with Gasteiger partial charge in [0.15, 0.2) is 0 Å². The van der Waals surface area contributed by atoms with Gasteiger partial charge in [-0.3, -0.25) is 9.78 Å². The molecular formula is C20H16ClN3OS. The highest BCUT2D eigenvalue weighted by Crippen LogP contribution is 2.35. The van der Waals surface area contributed by atoms with Crippen molar-refractivity contribution in [3.63, 3.8) is 0 Å². The van der Waals surface area contributed by atoms with Crippen LogP contribution in [0.15, 0.2) is 54.9 Å². The van der Waals surface area contributed by atoms with Crippen molar-refractivity contribution in [2.45, 2.75) is 13.0 Å². The molecule has 0 aliphatic carbocycles. The monoisotopic (exact) mass is 381 g/mol. The van der Waals surface area contributed by atoms with Crippen LogP contribution in [0.25, 0.3) is 16.2 Å². The maximum atomic E-state index is 12.6. The molecule has 0 aliphatic rings. The highest BCUT2D eigenvalue weighted by molar-refractivity contribution is 7.20. The molecular weight excluding hydrogens is 366 g/mol. The van der Waals surface area contributed by atoms with Gasteiger partial charge >= 0.3 is 0 Å². The minimum Gasteiger partial charge on any atom is -0.334 e. The molecule has 26 heavy (non-hydrogen) atoms. The smallest absolute Gasteiger partial charge is 0.246 e. The van der Waals surface area contributed by atoms with Crippen LogP contribution in [0, 0.1) is 11.3 Å². The standard InChI is InChI=1S/C20H16ClN3OS/c21-20-16-6-1-2-7-17(16)26-18(20)8-9-19(25)24(12-4-10-22)14-15-5-3-11-23-13-15/h1-3,5-9,11,13H,4,12,14H2/b9-8+. The van der Waals surface area contributed by atoms with Crippen LogP contribution in [0.2, 0.25) is 5.02 Å². The van der Waals surface area contributed by atoms with Gasteiger partial charge in [0.2, 0.25) is 5.91 Å². The average molecular weight is 382 g/mol. The normalized spacial score (nSPS) is 10.9. The van der Waals surface area contributed by atoms with Gasteiger partial charge in [-0.1, -0.05) is 35.9 Å². The van der Waals surface area contributed by atoms with Gasteiger partial charge in [-0.2, -0.15) is 5.26 Å². The van der Waals surface area contributed by atoms with Crippen LogP contribution in [-0.2, 0) is 11.3 Å². The predicted octanol–water partition coefficient (Wildman–Crippen LogP) is 4.91. The third-order valence-electron chi connectivity index (χ3n) is 3.84. The maximum absolute atomic E-state index is 12.6. The topological polar surface area (TPSA) is 57.0 Å². The Hall–Kier alpha value is -2.68. The van der Waals surface area contributed by atoms with Crippen LogP contribution >= 0.6 is 22.9 Å². The van der Waals surface area contributed by atoms with Gasteiger partial charge in [0, 0.05) is 46.5 Å². The van der Waals surface area contributed by atoms with Crippen molar-refractivity contribution in [3.8, 4) is 6.07 Å². The number of benzene rings is 1. The zero-order valence-corrected chi connectivity index (χ0v) is 15.5. The van der Waals surface area contributed by atoms with Gasteiger partial charge in [-0.05, 0) is 23.8 Å². The number of hydrogen-bond acceptors (Lipinski definition) is 4.